The molecule has 0 aromatic heterocycles. The standard InChI is InChI=1S/C5H5.4C2H7N.3CH4O.2Zr/c1-2-4-5-3-1;4*1-3-2;3*1-2;;/h1-3H,4H2;4*3H,1-2H3;3*2H,1H3;;/q-1;;;;;;;;;. The molecular weight excluding hydrogens is 479 g/mol. The van der Waals surface area contributed by atoms with Crippen LogP contribution in [-0.2, 0) is 52.4 Å². The topological polar surface area (TPSA) is 109 Å². The molecule has 25 heavy (non-hydrogen) atoms. The van der Waals surface area contributed by atoms with Crippen LogP contribution in [0.25, 0.3) is 0 Å². The third kappa shape index (κ3) is 370. The van der Waals surface area contributed by atoms with Crippen LogP contribution < -0.4 is 21.3 Å². The first kappa shape index (κ1) is 56.2. The summed E-state index contributed by atoms with van der Waals surface area (Å²) < 4.78 is 0. The number of hydrogen-bond acceptors (Lipinski definition) is 7. The van der Waals surface area contributed by atoms with E-state index < -0.39 is 0 Å². The van der Waals surface area contributed by atoms with Gasteiger partial charge in [0.1, 0.15) is 0 Å². The van der Waals surface area contributed by atoms with Crippen LogP contribution in [0.5, 0.6) is 0 Å². The van der Waals surface area contributed by atoms with Gasteiger partial charge in [-0.3, -0.25) is 6.08 Å². The van der Waals surface area contributed by atoms with Crippen LogP contribution in [0.4, 0.5) is 0 Å². The van der Waals surface area contributed by atoms with Crippen molar-refractivity contribution in [3.63, 3.8) is 0 Å². The molecule has 7 nitrogen and oxygen atoms in total. The van der Waals surface area contributed by atoms with E-state index in [4.69, 9.17) is 15.3 Å². The van der Waals surface area contributed by atoms with E-state index >= 15 is 0 Å². The Bertz CT molecular complexity index is 129. The summed E-state index contributed by atoms with van der Waals surface area (Å²) in [5.74, 6) is 0. The van der Waals surface area contributed by atoms with Crippen molar-refractivity contribution >= 4 is 0 Å². The SMILES string of the molecule is CNC.CNC.CNC.CNC.CO.CO.CO.[C-]1=CC=CC1.[Zr].[Zr]. The second-order valence-corrected chi connectivity index (χ2v) is 3.00. The molecule has 0 amide bonds. The molecule has 9 heteroatoms. The molecule has 1 rings (SSSR count). The number of aliphatic hydroxyl groups excluding tert-OH is 3. The Labute approximate surface area is 196 Å². The largest absolute Gasteiger partial charge is 0.400 e. The van der Waals surface area contributed by atoms with Gasteiger partial charge in [0, 0.05) is 73.7 Å². The predicted octanol–water partition coefficient (Wildman–Crippen LogP) is -0.531. The van der Waals surface area contributed by atoms with E-state index in [1.807, 2.05) is 68.5 Å². The van der Waals surface area contributed by atoms with Crippen LogP contribution >= 0.6 is 0 Å². The summed E-state index contributed by atoms with van der Waals surface area (Å²) in [5, 5.41) is 32.0. The predicted molar refractivity (Wildman–Crippen MR) is 106 cm³/mol. The van der Waals surface area contributed by atoms with Crippen molar-refractivity contribution in [1.29, 1.82) is 0 Å². The molecule has 0 aromatic carbocycles. The summed E-state index contributed by atoms with van der Waals surface area (Å²) in [6.07, 6.45) is 10.0. The number of aliphatic hydroxyl groups is 3. The number of hydrogen-bond donors (Lipinski definition) is 7. The van der Waals surface area contributed by atoms with Gasteiger partial charge in [-0.2, -0.15) is 6.08 Å². The minimum absolute atomic E-state index is 0. The first-order chi connectivity index (χ1) is 11.2. The van der Waals surface area contributed by atoms with Crippen molar-refractivity contribution in [1.82, 2.24) is 21.3 Å². The molecule has 0 aromatic rings. The van der Waals surface area contributed by atoms with Gasteiger partial charge in [-0.1, -0.05) is 0 Å². The van der Waals surface area contributed by atoms with Crippen molar-refractivity contribution in [3.8, 4) is 0 Å². The molecule has 0 unspecified atom stereocenters. The van der Waals surface area contributed by atoms with Crippen LogP contribution in [0, 0.1) is 6.08 Å². The van der Waals surface area contributed by atoms with Crippen LogP contribution in [0.3, 0.4) is 0 Å². The number of nitrogens with one attached hydrogen (secondary N) is 4. The van der Waals surface area contributed by atoms with Gasteiger partial charge in [0.05, 0.1) is 0 Å². The van der Waals surface area contributed by atoms with Gasteiger partial charge in [-0.15, -0.1) is 6.42 Å². The monoisotopic (exact) mass is 521 g/mol. The van der Waals surface area contributed by atoms with Crippen LogP contribution in [-0.4, -0.2) is 93.0 Å². The zero-order valence-corrected chi connectivity index (χ0v) is 23.2. The molecule has 0 heterocycles. The maximum absolute atomic E-state index is 7.00. The minimum Gasteiger partial charge on any atom is -0.400 e. The van der Waals surface area contributed by atoms with Gasteiger partial charge in [-0.05, 0) is 56.4 Å². The fraction of sp³-hybridized carbons (Fsp3) is 0.750. The summed E-state index contributed by atoms with van der Waals surface area (Å²) in [7, 11) is 18.0. The molecule has 7 N–H and O–H groups in total. The van der Waals surface area contributed by atoms with Crippen molar-refractivity contribution in [2.75, 3.05) is 77.7 Å². The second-order valence-electron chi connectivity index (χ2n) is 3.00. The fourth-order valence-electron chi connectivity index (χ4n) is 0.340. The summed E-state index contributed by atoms with van der Waals surface area (Å²) in [5.41, 5.74) is 0. The third-order valence-electron chi connectivity index (χ3n) is 0.586. The average molecular weight is 524 g/mol. The number of allylic oxidation sites excluding steroid dienone is 4. The quantitative estimate of drug-likeness (QED) is 0.214. The third-order valence-corrected chi connectivity index (χ3v) is 0.586. The molecule has 0 radical (unpaired) electrons. The van der Waals surface area contributed by atoms with Gasteiger partial charge >= 0.3 is 0 Å². The molecule has 0 fully saturated rings. The molecular formula is C16H45N4O3Zr2-. The van der Waals surface area contributed by atoms with Crippen molar-refractivity contribution in [3.05, 3.63) is 24.3 Å². The summed E-state index contributed by atoms with van der Waals surface area (Å²) >= 11 is 0. The van der Waals surface area contributed by atoms with Gasteiger partial charge in [0.25, 0.3) is 0 Å². The molecule has 0 saturated carbocycles. The molecule has 0 saturated heterocycles. The van der Waals surface area contributed by atoms with E-state index in [0.29, 0.717) is 0 Å². The fourth-order valence-corrected chi connectivity index (χ4v) is 0.340. The van der Waals surface area contributed by atoms with Crippen molar-refractivity contribution in [2.24, 2.45) is 0 Å². The van der Waals surface area contributed by atoms with E-state index in [9.17, 15) is 0 Å². The molecule has 0 spiro atoms. The molecule has 0 atom stereocenters. The average Bonchev–Trinajstić information content (AvgIpc) is 3.15. The van der Waals surface area contributed by atoms with Crippen molar-refractivity contribution in [2.45, 2.75) is 6.42 Å². The Kier molecular flexibility index (Phi) is 325. The molecule has 1 aliphatic carbocycles. The Morgan fingerprint density at radius 1 is 0.600 bits per heavy atom. The van der Waals surface area contributed by atoms with Crippen LogP contribution in [0.2, 0.25) is 0 Å². The Hall–Kier alpha value is 0.966. The van der Waals surface area contributed by atoms with Crippen LogP contribution in [0.1, 0.15) is 6.42 Å². The zero-order valence-electron chi connectivity index (χ0n) is 18.3. The zero-order chi connectivity index (χ0) is 20.4. The molecule has 0 aliphatic heterocycles. The van der Waals surface area contributed by atoms with E-state index in [1.54, 1.807) is 0 Å². The minimum atomic E-state index is 0. The van der Waals surface area contributed by atoms with Crippen LogP contribution in [0.15, 0.2) is 18.2 Å². The Morgan fingerprint density at radius 2 is 0.800 bits per heavy atom. The molecule has 0 bridgehead atoms. The summed E-state index contributed by atoms with van der Waals surface area (Å²) in [6, 6.07) is 0. The number of rotatable bonds is 0. The Morgan fingerprint density at radius 3 is 0.840 bits per heavy atom. The summed E-state index contributed by atoms with van der Waals surface area (Å²) in [6.45, 7) is 0. The first-order valence-corrected chi connectivity index (χ1v) is 7.06. The van der Waals surface area contributed by atoms with E-state index in [2.05, 4.69) is 33.4 Å². The maximum Gasteiger partial charge on any atom is 0.0319 e. The normalized spacial score (nSPS) is 7.12. The molecule has 156 valence electrons. The van der Waals surface area contributed by atoms with Gasteiger partial charge in [0.15, 0.2) is 0 Å². The van der Waals surface area contributed by atoms with Gasteiger partial charge in [-0.25, -0.2) is 12.2 Å². The smallest absolute Gasteiger partial charge is 0.0319 e. The Balaban J connectivity index is -0.0000000170. The maximum atomic E-state index is 7.00. The van der Waals surface area contributed by atoms with Crippen molar-refractivity contribution < 1.29 is 67.7 Å². The second kappa shape index (κ2) is 144. The van der Waals surface area contributed by atoms with Gasteiger partial charge in [0.2, 0.25) is 0 Å². The summed E-state index contributed by atoms with van der Waals surface area (Å²) in [4.78, 5) is 0. The first-order valence-electron chi connectivity index (χ1n) is 7.06. The molecule has 1 aliphatic rings. The van der Waals surface area contributed by atoms with E-state index in [1.165, 1.54) is 0 Å². The van der Waals surface area contributed by atoms with Gasteiger partial charge < -0.3 is 36.6 Å². The van der Waals surface area contributed by atoms with E-state index in [-0.39, 0.29) is 52.4 Å². The van der Waals surface area contributed by atoms with E-state index in [0.717, 1.165) is 27.8 Å².